The Morgan fingerprint density at radius 1 is 1.38 bits per heavy atom. The summed E-state index contributed by atoms with van der Waals surface area (Å²) in [6, 6.07) is 3.77. The second-order valence-electron chi connectivity index (χ2n) is 5.26. The van der Waals surface area contributed by atoms with Gasteiger partial charge in [0.25, 0.3) is 0 Å². The first-order valence-electron chi connectivity index (χ1n) is 7.77. The largest absolute Gasteiger partial charge is 0.490 e. The Bertz CT molecular complexity index is 393. The van der Waals surface area contributed by atoms with E-state index in [4.69, 9.17) is 4.74 Å². The Morgan fingerprint density at radius 2 is 2.24 bits per heavy atom. The maximum absolute atomic E-state index is 5.58. The number of hydrogen-bond acceptors (Lipinski definition) is 3. The Hall–Kier alpha value is -1.78. The minimum Gasteiger partial charge on any atom is -0.490 e. The van der Waals surface area contributed by atoms with Crippen LogP contribution >= 0.6 is 0 Å². The lowest BCUT2D eigenvalue weighted by molar-refractivity contribution is 0.320. The summed E-state index contributed by atoms with van der Waals surface area (Å²) < 4.78 is 5.58. The number of nitrogens with zero attached hydrogens (tertiary/aromatic N) is 2. The van der Waals surface area contributed by atoms with Crippen molar-refractivity contribution in [2.24, 2.45) is 10.9 Å². The minimum atomic E-state index is 0.585. The minimum absolute atomic E-state index is 0.585. The van der Waals surface area contributed by atoms with Gasteiger partial charge in [-0.15, -0.1) is 0 Å². The molecule has 0 unspecified atom stereocenters. The number of ether oxygens (including phenoxy) is 1. The highest BCUT2D eigenvalue weighted by atomic mass is 16.5. The molecule has 0 atom stereocenters. The normalized spacial score (nSPS) is 11.5. The smallest absolute Gasteiger partial charge is 0.191 e. The van der Waals surface area contributed by atoms with Gasteiger partial charge in [0.15, 0.2) is 5.96 Å². The van der Waals surface area contributed by atoms with Crippen LogP contribution in [-0.4, -0.2) is 37.2 Å². The zero-order chi connectivity index (χ0) is 15.3. The second kappa shape index (κ2) is 10.9. The van der Waals surface area contributed by atoms with Crippen LogP contribution in [0.4, 0.5) is 0 Å². The molecule has 5 heteroatoms. The van der Waals surface area contributed by atoms with E-state index in [-0.39, 0.29) is 0 Å². The number of aliphatic imine (C=N–C) groups is 1. The number of guanidine groups is 1. The van der Waals surface area contributed by atoms with Crippen molar-refractivity contribution in [2.45, 2.75) is 33.6 Å². The fourth-order valence-corrected chi connectivity index (χ4v) is 1.80. The molecule has 0 bridgehead atoms. The van der Waals surface area contributed by atoms with Gasteiger partial charge in [-0.25, -0.2) is 0 Å². The van der Waals surface area contributed by atoms with Crippen LogP contribution in [0.5, 0.6) is 5.75 Å². The maximum atomic E-state index is 5.58. The average molecular weight is 292 g/mol. The summed E-state index contributed by atoms with van der Waals surface area (Å²) in [4.78, 5) is 8.57. The van der Waals surface area contributed by atoms with Gasteiger partial charge in [0.2, 0.25) is 0 Å². The fraction of sp³-hybridized carbons (Fsp3) is 0.625. The van der Waals surface area contributed by atoms with Gasteiger partial charge in [-0.1, -0.05) is 13.8 Å². The van der Waals surface area contributed by atoms with Crippen LogP contribution < -0.4 is 15.4 Å². The van der Waals surface area contributed by atoms with Gasteiger partial charge in [-0.2, -0.15) is 0 Å². The van der Waals surface area contributed by atoms with Crippen LogP contribution in [0.3, 0.4) is 0 Å². The Balaban J connectivity index is 2.22. The van der Waals surface area contributed by atoms with Crippen molar-refractivity contribution in [3.05, 3.63) is 24.5 Å². The molecule has 0 aliphatic rings. The number of hydrogen-bond donors (Lipinski definition) is 2. The van der Waals surface area contributed by atoms with Gasteiger partial charge in [0, 0.05) is 19.3 Å². The molecule has 0 radical (unpaired) electrons. The van der Waals surface area contributed by atoms with Crippen LogP contribution in [0, 0.1) is 5.92 Å². The molecule has 1 rings (SSSR count). The molecule has 0 saturated heterocycles. The predicted octanol–water partition coefficient (Wildman–Crippen LogP) is 2.45. The van der Waals surface area contributed by atoms with E-state index in [1.165, 1.54) is 6.42 Å². The molecule has 5 nitrogen and oxygen atoms in total. The highest BCUT2D eigenvalue weighted by Gasteiger charge is 1.98. The van der Waals surface area contributed by atoms with Crippen LogP contribution in [0.1, 0.15) is 33.6 Å². The van der Waals surface area contributed by atoms with Crippen LogP contribution in [-0.2, 0) is 0 Å². The molecular weight excluding hydrogens is 264 g/mol. The van der Waals surface area contributed by atoms with Crippen molar-refractivity contribution in [2.75, 3.05) is 26.2 Å². The van der Waals surface area contributed by atoms with Gasteiger partial charge in [-0.3, -0.25) is 9.98 Å². The summed E-state index contributed by atoms with van der Waals surface area (Å²) in [5.41, 5.74) is 0. The molecule has 0 spiro atoms. The standard InChI is InChI=1S/C16H28N4O/c1-4-18-16(19-10-5-7-14(2)3)20-11-12-21-15-8-6-9-17-13-15/h6,8-9,13-14H,4-5,7,10-12H2,1-3H3,(H2,18,19,20). The molecule has 1 aromatic rings. The van der Waals surface area contributed by atoms with Gasteiger partial charge < -0.3 is 15.4 Å². The summed E-state index contributed by atoms with van der Waals surface area (Å²) in [5, 5.41) is 6.51. The first kappa shape index (κ1) is 17.3. The summed E-state index contributed by atoms with van der Waals surface area (Å²) in [6.07, 6.45) is 5.79. The Morgan fingerprint density at radius 3 is 2.90 bits per heavy atom. The third kappa shape index (κ3) is 8.89. The first-order valence-corrected chi connectivity index (χ1v) is 7.77. The number of nitrogens with one attached hydrogen (secondary N) is 2. The number of rotatable bonds is 9. The zero-order valence-electron chi connectivity index (χ0n) is 13.4. The summed E-state index contributed by atoms with van der Waals surface area (Å²) in [5.74, 6) is 2.39. The summed E-state index contributed by atoms with van der Waals surface area (Å²) in [7, 11) is 0. The molecule has 0 aromatic carbocycles. The van der Waals surface area contributed by atoms with Crippen LogP contribution in [0.2, 0.25) is 0 Å². The summed E-state index contributed by atoms with van der Waals surface area (Å²) in [6.45, 7) is 9.56. The first-order chi connectivity index (χ1) is 10.2. The molecule has 0 aliphatic carbocycles. The maximum Gasteiger partial charge on any atom is 0.191 e. The third-order valence-electron chi connectivity index (χ3n) is 2.85. The summed E-state index contributed by atoms with van der Waals surface area (Å²) >= 11 is 0. The molecule has 0 saturated carbocycles. The van der Waals surface area contributed by atoms with Gasteiger partial charge in [0.05, 0.1) is 12.7 Å². The Kier molecular flexibility index (Phi) is 9.00. The topological polar surface area (TPSA) is 58.5 Å². The third-order valence-corrected chi connectivity index (χ3v) is 2.85. The Labute approximate surface area is 128 Å². The molecule has 21 heavy (non-hydrogen) atoms. The highest BCUT2D eigenvalue weighted by molar-refractivity contribution is 5.79. The van der Waals surface area contributed by atoms with Crippen molar-refractivity contribution in [1.82, 2.24) is 15.6 Å². The van der Waals surface area contributed by atoms with Crippen LogP contribution in [0.25, 0.3) is 0 Å². The number of pyridine rings is 1. The molecule has 0 amide bonds. The quantitative estimate of drug-likeness (QED) is 0.417. The van der Waals surface area contributed by atoms with Crippen molar-refractivity contribution in [3.8, 4) is 5.75 Å². The highest BCUT2D eigenvalue weighted by Crippen LogP contribution is 2.05. The molecule has 118 valence electrons. The van der Waals surface area contributed by atoms with E-state index in [1.807, 2.05) is 12.1 Å². The van der Waals surface area contributed by atoms with Crippen molar-refractivity contribution in [3.63, 3.8) is 0 Å². The van der Waals surface area contributed by atoms with E-state index in [0.29, 0.717) is 13.2 Å². The van der Waals surface area contributed by atoms with E-state index in [2.05, 4.69) is 41.4 Å². The van der Waals surface area contributed by atoms with Gasteiger partial charge in [-0.05, 0) is 37.8 Å². The lowest BCUT2D eigenvalue weighted by Crippen LogP contribution is -2.39. The lowest BCUT2D eigenvalue weighted by atomic mass is 10.1. The van der Waals surface area contributed by atoms with Crippen LogP contribution in [0.15, 0.2) is 29.5 Å². The van der Waals surface area contributed by atoms with E-state index >= 15 is 0 Å². The molecule has 1 heterocycles. The molecule has 1 aromatic heterocycles. The van der Waals surface area contributed by atoms with E-state index in [0.717, 1.165) is 37.1 Å². The predicted molar refractivity (Wildman–Crippen MR) is 87.8 cm³/mol. The lowest BCUT2D eigenvalue weighted by Gasteiger charge is -2.12. The van der Waals surface area contributed by atoms with E-state index < -0.39 is 0 Å². The zero-order valence-corrected chi connectivity index (χ0v) is 13.4. The van der Waals surface area contributed by atoms with Gasteiger partial charge >= 0.3 is 0 Å². The molecule has 0 aliphatic heterocycles. The van der Waals surface area contributed by atoms with Crippen molar-refractivity contribution >= 4 is 5.96 Å². The SMILES string of the molecule is CCNC(=NCCCC(C)C)NCCOc1cccnc1. The monoisotopic (exact) mass is 292 g/mol. The second-order valence-corrected chi connectivity index (χ2v) is 5.26. The molecule has 0 fully saturated rings. The number of aromatic nitrogens is 1. The van der Waals surface area contributed by atoms with Crippen molar-refractivity contribution < 1.29 is 4.74 Å². The molecule has 2 N–H and O–H groups in total. The fourth-order valence-electron chi connectivity index (χ4n) is 1.80. The molecular formula is C16H28N4O. The van der Waals surface area contributed by atoms with Gasteiger partial charge in [0.1, 0.15) is 12.4 Å². The average Bonchev–Trinajstić information content (AvgIpc) is 2.48. The van der Waals surface area contributed by atoms with Crippen molar-refractivity contribution in [1.29, 1.82) is 0 Å². The van der Waals surface area contributed by atoms with E-state index in [1.54, 1.807) is 12.4 Å². The van der Waals surface area contributed by atoms with E-state index in [9.17, 15) is 0 Å².